The second-order valence-corrected chi connectivity index (χ2v) is 5.55. The fourth-order valence-corrected chi connectivity index (χ4v) is 2.76. The topological polar surface area (TPSA) is 68.0 Å². The number of amides is 1. The third-order valence-electron chi connectivity index (χ3n) is 3.82. The van der Waals surface area contributed by atoms with Crippen LogP contribution in [0.1, 0.15) is 17.1 Å². The van der Waals surface area contributed by atoms with Crippen LogP contribution in [0.5, 0.6) is 0 Å². The molecule has 2 aromatic heterocycles. The van der Waals surface area contributed by atoms with Gasteiger partial charge in [-0.1, -0.05) is 0 Å². The molecule has 3 heterocycles. The molecule has 0 saturated carbocycles. The van der Waals surface area contributed by atoms with E-state index >= 15 is 0 Å². The number of rotatable bonds is 3. The summed E-state index contributed by atoms with van der Waals surface area (Å²) in [7, 11) is 3.84. The lowest BCUT2D eigenvalue weighted by Crippen LogP contribution is -2.37. The van der Waals surface area contributed by atoms with E-state index < -0.39 is 0 Å². The number of carbonyl (C=O) groups is 1. The van der Waals surface area contributed by atoms with Crippen LogP contribution in [0.15, 0.2) is 12.4 Å². The van der Waals surface area contributed by atoms with Crippen molar-refractivity contribution in [3.05, 3.63) is 29.5 Å². The molecule has 0 aliphatic carbocycles. The van der Waals surface area contributed by atoms with Crippen molar-refractivity contribution in [3.8, 4) is 0 Å². The molecule has 2 aromatic rings. The molecule has 0 saturated heterocycles. The fourth-order valence-electron chi connectivity index (χ4n) is 2.76. The van der Waals surface area contributed by atoms with Crippen LogP contribution in [-0.2, 0) is 31.9 Å². The van der Waals surface area contributed by atoms with Gasteiger partial charge in [-0.2, -0.15) is 5.10 Å². The number of imidazole rings is 1. The van der Waals surface area contributed by atoms with E-state index in [2.05, 4.69) is 24.9 Å². The maximum absolute atomic E-state index is 12.1. The van der Waals surface area contributed by atoms with Crippen molar-refractivity contribution in [2.24, 2.45) is 14.1 Å². The fraction of sp³-hybridized carbons (Fsp3) is 0.500. The summed E-state index contributed by atoms with van der Waals surface area (Å²) in [6.07, 6.45) is 2.77. The Kier molecular flexibility index (Phi) is 3.50. The van der Waals surface area contributed by atoms with Gasteiger partial charge >= 0.3 is 0 Å². The summed E-state index contributed by atoms with van der Waals surface area (Å²) in [5.74, 6) is 0.713. The molecule has 0 atom stereocenters. The van der Waals surface area contributed by atoms with Crippen LogP contribution in [-0.4, -0.2) is 43.2 Å². The normalized spacial score (nSPS) is 15.0. The first-order valence-corrected chi connectivity index (χ1v) is 7.05. The number of fused-ring (bicyclic) bond motifs is 1. The Morgan fingerprint density at radius 3 is 2.95 bits per heavy atom. The van der Waals surface area contributed by atoms with Crippen LogP contribution in [0.25, 0.3) is 0 Å². The van der Waals surface area contributed by atoms with E-state index in [1.165, 1.54) is 5.69 Å². The highest BCUT2D eigenvalue weighted by Gasteiger charge is 2.21. The Bertz CT molecular complexity index is 671. The van der Waals surface area contributed by atoms with Gasteiger partial charge in [0.1, 0.15) is 5.82 Å². The van der Waals surface area contributed by atoms with E-state index in [4.69, 9.17) is 0 Å². The van der Waals surface area contributed by atoms with Crippen LogP contribution >= 0.6 is 0 Å². The molecule has 1 aliphatic rings. The molecule has 0 radical (unpaired) electrons. The Morgan fingerprint density at radius 1 is 1.43 bits per heavy atom. The largest absolute Gasteiger partial charge is 0.337 e. The van der Waals surface area contributed by atoms with Crippen molar-refractivity contribution in [1.82, 2.24) is 24.2 Å². The van der Waals surface area contributed by atoms with E-state index in [1.54, 1.807) is 4.68 Å². The number of nitrogens with one attached hydrogen (secondary N) is 1. The van der Waals surface area contributed by atoms with Gasteiger partial charge in [-0.15, -0.1) is 0 Å². The average Bonchev–Trinajstić information content (AvgIpc) is 2.93. The van der Waals surface area contributed by atoms with Gasteiger partial charge in [0.2, 0.25) is 5.91 Å². The number of hydrogen-bond donors (Lipinski definition) is 1. The van der Waals surface area contributed by atoms with Crippen molar-refractivity contribution in [2.75, 3.05) is 18.4 Å². The molecular formula is C14H20N6O. The van der Waals surface area contributed by atoms with Crippen molar-refractivity contribution in [3.63, 3.8) is 0 Å². The molecule has 7 nitrogen and oxygen atoms in total. The maximum atomic E-state index is 12.1. The van der Waals surface area contributed by atoms with Gasteiger partial charge in [0.25, 0.3) is 0 Å². The average molecular weight is 288 g/mol. The van der Waals surface area contributed by atoms with Crippen molar-refractivity contribution >= 4 is 11.7 Å². The third-order valence-corrected chi connectivity index (χ3v) is 3.82. The van der Waals surface area contributed by atoms with E-state index in [0.717, 1.165) is 36.7 Å². The summed E-state index contributed by atoms with van der Waals surface area (Å²) in [4.78, 5) is 18.6. The van der Waals surface area contributed by atoms with Gasteiger partial charge in [0, 0.05) is 45.4 Å². The lowest BCUT2D eigenvalue weighted by Gasteiger charge is -2.25. The Hall–Kier alpha value is -2.15. The minimum absolute atomic E-state index is 0.0163. The molecule has 3 rings (SSSR count). The minimum atomic E-state index is -0.0163. The summed E-state index contributed by atoms with van der Waals surface area (Å²) < 4.78 is 3.74. The van der Waals surface area contributed by atoms with Crippen molar-refractivity contribution in [1.29, 1.82) is 0 Å². The number of aromatic nitrogens is 4. The molecule has 112 valence electrons. The van der Waals surface area contributed by atoms with Crippen LogP contribution in [0, 0.1) is 6.92 Å². The SMILES string of the molecule is Cc1cc(NC(=O)CN2CCc3c(ncn3C)C2)n(C)n1. The lowest BCUT2D eigenvalue weighted by atomic mass is 10.1. The second-order valence-electron chi connectivity index (χ2n) is 5.55. The molecule has 0 unspecified atom stereocenters. The zero-order valence-electron chi connectivity index (χ0n) is 12.6. The number of hydrogen-bond acceptors (Lipinski definition) is 4. The predicted octanol–water partition coefficient (Wildman–Crippen LogP) is 0.459. The van der Waals surface area contributed by atoms with Crippen molar-refractivity contribution < 1.29 is 4.79 Å². The summed E-state index contributed by atoms with van der Waals surface area (Å²) in [5.41, 5.74) is 3.24. The Morgan fingerprint density at radius 2 is 2.24 bits per heavy atom. The monoisotopic (exact) mass is 288 g/mol. The zero-order valence-corrected chi connectivity index (χ0v) is 12.6. The molecule has 21 heavy (non-hydrogen) atoms. The molecule has 7 heteroatoms. The summed E-state index contributed by atoms with van der Waals surface area (Å²) >= 11 is 0. The molecule has 0 aromatic carbocycles. The first-order valence-electron chi connectivity index (χ1n) is 7.05. The molecule has 1 amide bonds. The predicted molar refractivity (Wildman–Crippen MR) is 78.8 cm³/mol. The van der Waals surface area contributed by atoms with Gasteiger partial charge in [-0.05, 0) is 6.92 Å². The molecule has 0 spiro atoms. The van der Waals surface area contributed by atoms with Crippen LogP contribution in [0.2, 0.25) is 0 Å². The van der Waals surface area contributed by atoms with Gasteiger partial charge < -0.3 is 9.88 Å². The first kappa shape index (κ1) is 13.8. The van der Waals surface area contributed by atoms with E-state index in [-0.39, 0.29) is 5.91 Å². The van der Waals surface area contributed by atoms with E-state index in [1.807, 2.05) is 33.4 Å². The van der Waals surface area contributed by atoms with Crippen LogP contribution in [0.4, 0.5) is 5.82 Å². The quantitative estimate of drug-likeness (QED) is 0.891. The molecule has 0 bridgehead atoms. The summed E-state index contributed by atoms with van der Waals surface area (Å²) in [6, 6.07) is 1.87. The lowest BCUT2D eigenvalue weighted by molar-refractivity contribution is -0.117. The number of aryl methyl sites for hydroxylation is 3. The molecule has 1 N–H and O–H groups in total. The molecule has 1 aliphatic heterocycles. The Balaban J connectivity index is 1.60. The summed E-state index contributed by atoms with van der Waals surface area (Å²) in [5, 5.41) is 7.12. The van der Waals surface area contributed by atoms with Crippen LogP contribution in [0.3, 0.4) is 0 Å². The third kappa shape index (κ3) is 2.82. The minimum Gasteiger partial charge on any atom is -0.337 e. The standard InChI is InChI=1S/C14H20N6O/c1-10-6-13(19(3)17-10)16-14(21)8-20-5-4-12-11(7-20)15-9-18(12)2/h6,9H,4-5,7-8H2,1-3H3,(H,16,21). The highest BCUT2D eigenvalue weighted by atomic mass is 16.2. The van der Waals surface area contributed by atoms with E-state index in [0.29, 0.717) is 6.54 Å². The van der Waals surface area contributed by atoms with E-state index in [9.17, 15) is 4.79 Å². The van der Waals surface area contributed by atoms with Crippen LogP contribution < -0.4 is 5.32 Å². The zero-order chi connectivity index (χ0) is 15.0. The maximum Gasteiger partial charge on any atom is 0.239 e. The van der Waals surface area contributed by atoms with Crippen molar-refractivity contribution in [2.45, 2.75) is 19.9 Å². The highest BCUT2D eigenvalue weighted by molar-refractivity contribution is 5.91. The van der Waals surface area contributed by atoms with Gasteiger partial charge in [0.05, 0.1) is 24.3 Å². The highest BCUT2D eigenvalue weighted by Crippen LogP contribution is 2.16. The number of carbonyl (C=O) groups excluding carboxylic acids is 1. The first-order chi connectivity index (χ1) is 10.0. The number of nitrogens with zero attached hydrogens (tertiary/aromatic N) is 5. The van der Waals surface area contributed by atoms with Gasteiger partial charge in [-0.3, -0.25) is 14.4 Å². The second kappa shape index (κ2) is 5.33. The van der Waals surface area contributed by atoms with Gasteiger partial charge in [0.15, 0.2) is 0 Å². The molecule has 0 fully saturated rings. The number of anilines is 1. The summed E-state index contributed by atoms with van der Waals surface area (Å²) in [6.45, 7) is 3.89. The smallest absolute Gasteiger partial charge is 0.239 e. The Labute approximate surface area is 123 Å². The van der Waals surface area contributed by atoms with Gasteiger partial charge in [-0.25, -0.2) is 4.98 Å². The molecular weight excluding hydrogens is 268 g/mol.